The molecule has 0 spiro atoms. The standard InChI is InChI=1S/C15H20N2O2/c1-4-17(5-2)13-8-6-12(7-9-13)10-14(11(3)18)15(16)19/h6-10H,4-5H2,1-3H3,(H2,16,19)/b14-10-. The summed E-state index contributed by atoms with van der Waals surface area (Å²) in [5, 5.41) is 0. The van der Waals surface area contributed by atoms with Gasteiger partial charge < -0.3 is 10.6 Å². The number of Topliss-reactive ketones (excluding diaryl/α,β-unsaturated/α-hetero) is 1. The number of carbonyl (C=O) groups excluding carboxylic acids is 2. The first-order chi connectivity index (χ1) is 8.99. The normalized spacial score (nSPS) is 11.2. The SMILES string of the molecule is CCN(CC)c1ccc(/C=C(/C(C)=O)C(N)=O)cc1. The molecule has 0 fully saturated rings. The highest BCUT2D eigenvalue weighted by Crippen LogP contribution is 2.16. The van der Waals surface area contributed by atoms with Gasteiger partial charge in [-0.3, -0.25) is 9.59 Å². The van der Waals surface area contributed by atoms with Crippen molar-refractivity contribution in [3.8, 4) is 0 Å². The van der Waals surface area contributed by atoms with E-state index in [9.17, 15) is 9.59 Å². The second-order valence-electron chi connectivity index (χ2n) is 4.24. The summed E-state index contributed by atoms with van der Waals surface area (Å²) in [6.07, 6.45) is 1.52. The van der Waals surface area contributed by atoms with E-state index in [0.29, 0.717) is 0 Å². The molecule has 102 valence electrons. The van der Waals surface area contributed by atoms with Crippen LogP contribution in [0.1, 0.15) is 26.3 Å². The molecule has 1 aromatic rings. The summed E-state index contributed by atoms with van der Waals surface area (Å²) in [7, 11) is 0. The Morgan fingerprint density at radius 2 is 1.68 bits per heavy atom. The summed E-state index contributed by atoms with van der Waals surface area (Å²) in [5.41, 5.74) is 7.10. The highest BCUT2D eigenvalue weighted by molar-refractivity contribution is 6.21. The van der Waals surface area contributed by atoms with Gasteiger partial charge in [-0.1, -0.05) is 12.1 Å². The van der Waals surface area contributed by atoms with Crippen molar-refractivity contribution in [2.45, 2.75) is 20.8 Å². The fourth-order valence-corrected chi connectivity index (χ4v) is 1.88. The molecule has 1 aromatic carbocycles. The quantitative estimate of drug-likeness (QED) is 0.483. The summed E-state index contributed by atoms with van der Waals surface area (Å²) in [5.74, 6) is -1.01. The van der Waals surface area contributed by atoms with E-state index < -0.39 is 5.91 Å². The lowest BCUT2D eigenvalue weighted by molar-refractivity contribution is -0.119. The molecule has 2 N–H and O–H groups in total. The molecule has 0 aliphatic heterocycles. The number of primary amides is 1. The van der Waals surface area contributed by atoms with E-state index in [-0.39, 0.29) is 11.4 Å². The highest BCUT2D eigenvalue weighted by Gasteiger charge is 2.10. The van der Waals surface area contributed by atoms with Crippen LogP contribution in [0.5, 0.6) is 0 Å². The molecule has 0 saturated carbocycles. The molecule has 1 amide bonds. The molecule has 0 atom stereocenters. The van der Waals surface area contributed by atoms with Crippen LogP contribution in [0.25, 0.3) is 6.08 Å². The van der Waals surface area contributed by atoms with Crippen LogP contribution in [-0.4, -0.2) is 24.8 Å². The molecular weight excluding hydrogens is 240 g/mol. The average molecular weight is 260 g/mol. The Labute approximate surface area is 113 Å². The van der Waals surface area contributed by atoms with Crippen molar-refractivity contribution in [3.05, 3.63) is 35.4 Å². The maximum absolute atomic E-state index is 11.3. The lowest BCUT2D eigenvalue weighted by Gasteiger charge is -2.20. The summed E-state index contributed by atoms with van der Waals surface area (Å²) < 4.78 is 0. The van der Waals surface area contributed by atoms with Crippen LogP contribution in [0.3, 0.4) is 0 Å². The molecular formula is C15H20N2O2. The molecule has 0 unspecified atom stereocenters. The topological polar surface area (TPSA) is 63.4 Å². The van der Waals surface area contributed by atoms with Crippen molar-refractivity contribution in [3.63, 3.8) is 0 Å². The molecule has 4 heteroatoms. The molecule has 0 aliphatic rings. The molecule has 0 heterocycles. The van der Waals surface area contributed by atoms with Crippen molar-refractivity contribution in [2.24, 2.45) is 5.73 Å². The Morgan fingerprint density at radius 3 is 2.05 bits per heavy atom. The van der Waals surface area contributed by atoms with Gasteiger partial charge in [-0.25, -0.2) is 0 Å². The average Bonchev–Trinajstić information content (AvgIpc) is 2.38. The third kappa shape index (κ3) is 3.95. The summed E-state index contributed by atoms with van der Waals surface area (Å²) in [4.78, 5) is 24.6. The number of anilines is 1. The largest absolute Gasteiger partial charge is 0.372 e. The summed E-state index contributed by atoms with van der Waals surface area (Å²) >= 11 is 0. The Morgan fingerprint density at radius 1 is 1.16 bits per heavy atom. The van der Waals surface area contributed by atoms with Crippen molar-refractivity contribution >= 4 is 23.5 Å². The van der Waals surface area contributed by atoms with E-state index in [1.165, 1.54) is 13.0 Å². The van der Waals surface area contributed by atoms with Gasteiger partial charge in [-0.15, -0.1) is 0 Å². The number of hydrogen-bond donors (Lipinski definition) is 1. The molecule has 19 heavy (non-hydrogen) atoms. The molecule has 0 aromatic heterocycles. The molecule has 0 radical (unpaired) electrons. The van der Waals surface area contributed by atoms with E-state index >= 15 is 0 Å². The molecule has 0 saturated heterocycles. The molecule has 4 nitrogen and oxygen atoms in total. The van der Waals surface area contributed by atoms with Crippen molar-refractivity contribution in [2.75, 3.05) is 18.0 Å². The van der Waals surface area contributed by atoms with Crippen LogP contribution >= 0.6 is 0 Å². The van der Waals surface area contributed by atoms with Gasteiger partial charge in [0.1, 0.15) is 0 Å². The Kier molecular flexibility index (Phi) is 5.30. The van der Waals surface area contributed by atoms with Gasteiger partial charge in [0.25, 0.3) is 5.91 Å². The highest BCUT2D eigenvalue weighted by atomic mass is 16.2. The zero-order valence-electron chi connectivity index (χ0n) is 11.6. The van der Waals surface area contributed by atoms with Crippen molar-refractivity contribution in [1.82, 2.24) is 0 Å². The van der Waals surface area contributed by atoms with Crippen LogP contribution in [0.15, 0.2) is 29.8 Å². The number of hydrogen-bond acceptors (Lipinski definition) is 3. The number of nitrogens with zero attached hydrogens (tertiary/aromatic N) is 1. The van der Waals surface area contributed by atoms with Crippen molar-refractivity contribution in [1.29, 1.82) is 0 Å². The third-order valence-electron chi connectivity index (χ3n) is 2.98. The molecule has 0 aliphatic carbocycles. The van der Waals surface area contributed by atoms with Crippen LogP contribution in [0.2, 0.25) is 0 Å². The van der Waals surface area contributed by atoms with Gasteiger partial charge in [0, 0.05) is 18.8 Å². The van der Waals surface area contributed by atoms with E-state index in [2.05, 4.69) is 18.7 Å². The lowest BCUT2D eigenvalue weighted by Crippen LogP contribution is -2.21. The van der Waals surface area contributed by atoms with Crippen LogP contribution in [0.4, 0.5) is 5.69 Å². The first-order valence-corrected chi connectivity index (χ1v) is 6.37. The lowest BCUT2D eigenvalue weighted by atomic mass is 10.1. The molecule has 1 rings (SSSR count). The number of nitrogens with two attached hydrogens (primary N) is 1. The number of benzene rings is 1. The minimum Gasteiger partial charge on any atom is -0.372 e. The minimum atomic E-state index is -0.694. The number of amides is 1. The summed E-state index contributed by atoms with van der Waals surface area (Å²) in [6, 6.07) is 7.69. The maximum atomic E-state index is 11.3. The van der Waals surface area contributed by atoms with E-state index in [1.54, 1.807) is 0 Å². The van der Waals surface area contributed by atoms with Gasteiger partial charge in [0.05, 0.1) is 5.57 Å². The van der Waals surface area contributed by atoms with E-state index in [4.69, 9.17) is 5.73 Å². The van der Waals surface area contributed by atoms with Crippen LogP contribution in [-0.2, 0) is 9.59 Å². The Hall–Kier alpha value is -2.10. The second kappa shape index (κ2) is 6.73. The van der Waals surface area contributed by atoms with Gasteiger partial charge in [-0.05, 0) is 44.5 Å². The van der Waals surface area contributed by atoms with Gasteiger partial charge in [0.15, 0.2) is 5.78 Å². The smallest absolute Gasteiger partial charge is 0.252 e. The zero-order valence-corrected chi connectivity index (χ0v) is 11.6. The van der Waals surface area contributed by atoms with Crippen LogP contribution < -0.4 is 10.6 Å². The first-order valence-electron chi connectivity index (χ1n) is 6.37. The number of rotatable bonds is 6. The monoisotopic (exact) mass is 260 g/mol. The fraction of sp³-hybridized carbons (Fsp3) is 0.333. The second-order valence-corrected chi connectivity index (χ2v) is 4.24. The maximum Gasteiger partial charge on any atom is 0.252 e. The predicted octanol–water partition coefficient (Wildman–Crippen LogP) is 1.99. The number of carbonyl (C=O) groups is 2. The van der Waals surface area contributed by atoms with E-state index in [1.807, 2.05) is 24.3 Å². The Bertz CT molecular complexity index is 469. The fourth-order valence-electron chi connectivity index (χ4n) is 1.88. The summed E-state index contributed by atoms with van der Waals surface area (Å²) in [6.45, 7) is 7.40. The zero-order chi connectivity index (χ0) is 14.4. The molecule has 0 bridgehead atoms. The van der Waals surface area contributed by atoms with Crippen molar-refractivity contribution < 1.29 is 9.59 Å². The Balaban J connectivity index is 3.02. The van der Waals surface area contributed by atoms with Crippen LogP contribution in [0, 0.1) is 0 Å². The van der Waals surface area contributed by atoms with Gasteiger partial charge in [0.2, 0.25) is 0 Å². The first kappa shape index (κ1) is 15.0. The third-order valence-corrected chi connectivity index (χ3v) is 2.98. The predicted molar refractivity (Wildman–Crippen MR) is 77.9 cm³/mol. The van der Waals surface area contributed by atoms with Gasteiger partial charge >= 0.3 is 0 Å². The number of ketones is 1. The van der Waals surface area contributed by atoms with E-state index in [0.717, 1.165) is 24.3 Å². The minimum absolute atomic E-state index is 0.0237. The van der Waals surface area contributed by atoms with Gasteiger partial charge in [-0.2, -0.15) is 0 Å².